The highest BCUT2D eigenvalue weighted by Gasteiger charge is 2.36. The summed E-state index contributed by atoms with van der Waals surface area (Å²) in [5.74, 6) is 0.524. The van der Waals surface area contributed by atoms with Gasteiger partial charge in [0.05, 0.1) is 6.54 Å². The number of amides is 1. The monoisotopic (exact) mass is 319 g/mol. The molecule has 1 amide bonds. The second kappa shape index (κ2) is 6.10. The number of imidazole rings is 1. The zero-order chi connectivity index (χ0) is 15.7. The predicted octanol–water partition coefficient (Wildman–Crippen LogP) is 2.30. The first-order valence-corrected chi connectivity index (χ1v) is 7.64. The standard InChI is InChI=1S/C16H18ClN3O2/c1-19-9-8-18-14(19)10-20(13-6-7-13)16(22)15(21)11-2-4-12(17)5-3-11/h2-5,8-9,13,15,21H,6-7,10H2,1H3/t15-/m1/s1. The number of rotatable bonds is 5. The topological polar surface area (TPSA) is 58.4 Å². The van der Waals surface area contributed by atoms with Crippen molar-refractivity contribution >= 4 is 17.5 Å². The number of benzene rings is 1. The first-order valence-electron chi connectivity index (χ1n) is 7.26. The zero-order valence-electron chi connectivity index (χ0n) is 12.3. The summed E-state index contributed by atoms with van der Waals surface area (Å²) in [7, 11) is 1.90. The van der Waals surface area contributed by atoms with Gasteiger partial charge < -0.3 is 14.6 Å². The lowest BCUT2D eigenvalue weighted by molar-refractivity contribution is -0.142. The molecule has 0 unspecified atom stereocenters. The zero-order valence-corrected chi connectivity index (χ0v) is 13.1. The molecule has 1 saturated carbocycles. The fourth-order valence-electron chi connectivity index (χ4n) is 2.42. The van der Waals surface area contributed by atoms with Crippen molar-refractivity contribution in [1.82, 2.24) is 14.5 Å². The van der Waals surface area contributed by atoms with E-state index in [4.69, 9.17) is 11.6 Å². The average Bonchev–Trinajstić information content (AvgIpc) is 3.27. The highest BCUT2D eigenvalue weighted by molar-refractivity contribution is 6.30. The van der Waals surface area contributed by atoms with Gasteiger partial charge in [0.2, 0.25) is 0 Å². The summed E-state index contributed by atoms with van der Waals surface area (Å²) in [6, 6.07) is 6.90. The minimum atomic E-state index is -1.17. The molecule has 1 fully saturated rings. The molecule has 5 nitrogen and oxygen atoms in total. The first-order chi connectivity index (χ1) is 10.6. The molecule has 0 aliphatic heterocycles. The maximum absolute atomic E-state index is 12.7. The summed E-state index contributed by atoms with van der Waals surface area (Å²) in [6.07, 6.45) is 4.34. The second-order valence-electron chi connectivity index (χ2n) is 5.61. The minimum absolute atomic E-state index is 0.200. The SMILES string of the molecule is Cn1ccnc1CN(C(=O)[C@H](O)c1ccc(Cl)cc1)C1CC1. The summed E-state index contributed by atoms with van der Waals surface area (Å²) in [5.41, 5.74) is 0.555. The Morgan fingerprint density at radius 1 is 1.45 bits per heavy atom. The Kier molecular flexibility index (Phi) is 4.18. The molecule has 6 heteroatoms. The molecule has 0 radical (unpaired) electrons. The van der Waals surface area contributed by atoms with E-state index in [9.17, 15) is 9.90 Å². The average molecular weight is 320 g/mol. The number of carbonyl (C=O) groups excluding carboxylic acids is 1. The van der Waals surface area contributed by atoms with Gasteiger partial charge in [-0.15, -0.1) is 0 Å². The van der Waals surface area contributed by atoms with Crippen LogP contribution in [0, 0.1) is 0 Å². The number of nitrogens with zero attached hydrogens (tertiary/aromatic N) is 3. The molecule has 22 heavy (non-hydrogen) atoms. The van der Waals surface area contributed by atoms with Gasteiger partial charge in [-0.05, 0) is 30.5 Å². The van der Waals surface area contributed by atoms with Crippen LogP contribution in [0.5, 0.6) is 0 Å². The maximum atomic E-state index is 12.7. The van der Waals surface area contributed by atoms with Crippen LogP contribution in [0.1, 0.15) is 30.3 Å². The van der Waals surface area contributed by atoms with Crippen molar-refractivity contribution in [2.45, 2.75) is 31.5 Å². The lowest BCUT2D eigenvalue weighted by atomic mass is 10.1. The Morgan fingerprint density at radius 2 is 2.14 bits per heavy atom. The number of carbonyl (C=O) groups is 1. The van der Waals surface area contributed by atoms with Crippen LogP contribution in [0.3, 0.4) is 0 Å². The van der Waals surface area contributed by atoms with E-state index < -0.39 is 6.10 Å². The molecule has 2 aromatic rings. The molecule has 0 saturated heterocycles. The van der Waals surface area contributed by atoms with Gasteiger partial charge in [0.1, 0.15) is 5.82 Å². The first kappa shape index (κ1) is 15.1. The van der Waals surface area contributed by atoms with E-state index in [1.807, 2.05) is 17.8 Å². The Balaban J connectivity index is 1.77. The number of hydrogen-bond donors (Lipinski definition) is 1. The van der Waals surface area contributed by atoms with E-state index in [1.165, 1.54) is 0 Å². The van der Waals surface area contributed by atoms with Crippen molar-refractivity contribution in [2.24, 2.45) is 7.05 Å². The summed E-state index contributed by atoms with van der Waals surface area (Å²) >= 11 is 5.84. The fraction of sp³-hybridized carbons (Fsp3) is 0.375. The normalized spacial score (nSPS) is 15.6. The van der Waals surface area contributed by atoms with E-state index in [-0.39, 0.29) is 11.9 Å². The predicted molar refractivity (Wildman–Crippen MR) is 83.2 cm³/mol. The van der Waals surface area contributed by atoms with Crippen molar-refractivity contribution in [1.29, 1.82) is 0 Å². The van der Waals surface area contributed by atoms with Crippen molar-refractivity contribution in [3.05, 3.63) is 53.1 Å². The number of halogens is 1. The molecule has 1 heterocycles. The van der Waals surface area contributed by atoms with Gasteiger partial charge in [-0.1, -0.05) is 23.7 Å². The van der Waals surface area contributed by atoms with Gasteiger partial charge in [-0.2, -0.15) is 0 Å². The molecular formula is C16H18ClN3O2. The summed E-state index contributed by atoms with van der Waals surface area (Å²) in [5, 5.41) is 10.9. The van der Waals surface area contributed by atoms with Gasteiger partial charge in [0.15, 0.2) is 6.10 Å². The van der Waals surface area contributed by atoms with Crippen LogP contribution in [0.4, 0.5) is 0 Å². The minimum Gasteiger partial charge on any atom is -0.378 e. The van der Waals surface area contributed by atoms with Gasteiger partial charge in [-0.3, -0.25) is 4.79 Å². The molecule has 0 spiro atoms. The third-order valence-corrected chi connectivity index (χ3v) is 4.18. The molecule has 1 aliphatic carbocycles. The molecule has 1 aromatic heterocycles. The Hall–Kier alpha value is -1.85. The van der Waals surface area contributed by atoms with E-state index in [1.54, 1.807) is 35.4 Å². The summed E-state index contributed by atoms with van der Waals surface area (Å²) in [4.78, 5) is 18.6. The van der Waals surface area contributed by atoms with Gasteiger partial charge in [-0.25, -0.2) is 4.98 Å². The van der Waals surface area contributed by atoms with Crippen molar-refractivity contribution in [3.8, 4) is 0 Å². The van der Waals surface area contributed by atoms with E-state index in [0.29, 0.717) is 17.1 Å². The molecule has 1 N–H and O–H groups in total. The van der Waals surface area contributed by atoms with Gasteiger partial charge in [0, 0.05) is 30.5 Å². The molecule has 116 valence electrons. The third-order valence-electron chi connectivity index (χ3n) is 3.92. The van der Waals surface area contributed by atoms with Crippen LogP contribution in [-0.2, 0) is 18.4 Å². The highest BCUT2D eigenvalue weighted by atomic mass is 35.5. The number of aryl methyl sites for hydroxylation is 1. The van der Waals surface area contributed by atoms with Crippen molar-refractivity contribution in [2.75, 3.05) is 0 Å². The van der Waals surface area contributed by atoms with Crippen LogP contribution in [-0.4, -0.2) is 31.5 Å². The van der Waals surface area contributed by atoms with Gasteiger partial charge in [0.25, 0.3) is 5.91 Å². The smallest absolute Gasteiger partial charge is 0.256 e. The number of aromatic nitrogens is 2. The number of aliphatic hydroxyl groups is 1. The van der Waals surface area contributed by atoms with Crippen LogP contribution in [0.2, 0.25) is 5.02 Å². The second-order valence-corrected chi connectivity index (χ2v) is 6.04. The third kappa shape index (κ3) is 3.15. The lowest BCUT2D eigenvalue weighted by Crippen LogP contribution is -2.37. The summed E-state index contributed by atoms with van der Waals surface area (Å²) in [6.45, 7) is 0.414. The van der Waals surface area contributed by atoms with Crippen LogP contribution >= 0.6 is 11.6 Å². The highest BCUT2D eigenvalue weighted by Crippen LogP contribution is 2.31. The molecular weight excluding hydrogens is 302 g/mol. The van der Waals surface area contributed by atoms with E-state index >= 15 is 0 Å². The Morgan fingerprint density at radius 3 is 2.68 bits per heavy atom. The molecule has 1 aromatic carbocycles. The lowest BCUT2D eigenvalue weighted by Gasteiger charge is -2.25. The summed E-state index contributed by atoms with van der Waals surface area (Å²) < 4.78 is 1.89. The van der Waals surface area contributed by atoms with Crippen molar-refractivity contribution in [3.63, 3.8) is 0 Å². The number of hydrogen-bond acceptors (Lipinski definition) is 3. The van der Waals surface area contributed by atoms with E-state index in [2.05, 4.69) is 4.98 Å². The Bertz CT molecular complexity index is 664. The van der Waals surface area contributed by atoms with Crippen LogP contribution in [0.25, 0.3) is 0 Å². The quantitative estimate of drug-likeness (QED) is 0.920. The van der Waals surface area contributed by atoms with Crippen LogP contribution < -0.4 is 0 Å². The molecule has 1 aliphatic rings. The van der Waals surface area contributed by atoms with E-state index in [0.717, 1.165) is 18.7 Å². The largest absolute Gasteiger partial charge is 0.378 e. The number of aliphatic hydroxyl groups excluding tert-OH is 1. The van der Waals surface area contributed by atoms with Crippen molar-refractivity contribution < 1.29 is 9.90 Å². The molecule has 3 rings (SSSR count). The Labute approximate surface area is 134 Å². The van der Waals surface area contributed by atoms with Crippen LogP contribution in [0.15, 0.2) is 36.7 Å². The molecule has 1 atom stereocenters. The van der Waals surface area contributed by atoms with Gasteiger partial charge >= 0.3 is 0 Å². The fourth-order valence-corrected chi connectivity index (χ4v) is 2.55. The maximum Gasteiger partial charge on any atom is 0.256 e. The molecule has 0 bridgehead atoms.